The van der Waals surface area contributed by atoms with Crippen LogP contribution < -0.4 is 0 Å². The van der Waals surface area contributed by atoms with Gasteiger partial charge in [-0.25, -0.2) is 14.3 Å². The van der Waals surface area contributed by atoms with Crippen molar-refractivity contribution >= 4 is 17.7 Å². The van der Waals surface area contributed by atoms with Gasteiger partial charge in [0.15, 0.2) is 0 Å². The lowest BCUT2D eigenvalue weighted by molar-refractivity contribution is -0.149. The van der Waals surface area contributed by atoms with Gasteiger partial charge in [-0.2, -0.15) is 10.1 Å². The van der Waals surface area contributed by atoms with E-state index in [0.29, 0.717) is 24.5 Å². The Balaban J connectivity index is 1.54. The van der Waals surface area contributed by atoms with Crippen LogP contribution in [0.3, 0.4) is 0 Å². The Kier molecular flexibility index (Phi) is 4.57. The Morgan fingerprint density at radius 3 is 2.81 bits per heavy atom. The number of aryl methyl sites for hydroxylation is 2. The zero-order valence-electron chi connectivity index (χ0n) is 15.8. The molecule has 1 aliphatic heterocycles. The molecule has 2 aliphatic rings. The number of carbonyl (C=O) groups excluding carboxylic acids is 1. The van der Waals surface area contributed by atoms with Crippen LogP contribution in [-0.2, 0) is 16.0 Å². The Hall–Kier alpha value is -2.51. The van der Waals surface area contributed by atoms with Gasteiger partial charge in [-0.1, -0.05) is 12.8 Å². The fourth-order valence-electron chi connectivity index (χ4n) is 4.92. The first-order chi connectivity index (χ1) is 13.0. The Morgan fingerprint density at radius 2 is 2.04 bits per heavy atom. The molecule has 4 rings (SSSR count). The van der Waals surface area contributed by atoms with Gasteiger partial charge in [0.25, 0.3) is 5.78 Å². The van der Waals surface area contributed by atoms with Crippen molar-refractivity contribution in [3.05, 3.63) is 23.3 Å². The fourth-order valence-corrected chi connectivity index (χ4v) is 4.92. The number of likely N-dealkylation sites (tertiary alicyclic amines) is 1. The van der Waals surface area contributed by atoms with Crippen LogP contribution in [0.4, 0.5) is 0 Å². The third-order valence-electron chi connectivity index (χ3n) is 6.24. The largest absolute Gasteiger partial charge is 0.480 e. The predicted molar refractivity (Wildman–Crippen MR) is 97.2 cm³/mol. The molecule has 3 heterocycles. The molecule has 0 unspecified atom stereocenters. The maximum absolute atomic E-state index is 13.0. The summed E-state index contributed by atoms with van der Waals surface area (Å²) in [4.78, 5) is 35.0. The molecule has 0 aromatic carbocycles. The minimum absolute atomic E-state index is 0.0608. The minimum Gasteiger partial charge on any atom is -0.480 e. The van der Waals surface area contributed by atoms with Gasteiger partial charge in [-0.3, -0.25) is 4.79 Å². The molecule has 2 fully saturated rings. The smallest absolute Gasteiger partial charge is 0.326 e. The summed E-state index contributed by atoms with van der Waals surface area (Å²) >= 11 is 0. The second-order valence-electron chi connectivity index (χ2n) is 7.74. The second kappa shape index (κ2) is 6.90. The average molecular weight is 371 g/mol. The first kappa shape index (κ1) is 17.9. The van der Waals surface area contributed by atoms with Gasteiger partial charge >= 0.3 is 5.97 Å². The van der Waals surface area contributed by atoms with Crippen molar-refractivity contribution in [2.24, 2.45) is 5.92 Å². The highest BCUT2D eigenvalue weighted by Gasteiger charge is 2.47. The van der Waals surface area contributed by atoms with Crippen molar-refractivity contribution in [3.8, 4) is 0 Å². The molecule has 1 saturated carbocycles. The molecule has 27 heavy (non-hydrogen) atoms. The van der Waals surface area contributed by atoms with Gasteiger partial charge < -0.3 is 10.0 Å². The number of aromatic nitrogens is 4. The number of fused-ring (bicyclic) bond motifs is 2. The third kappa shape index (κ3) is 3.07. The predicted octanol–water partition coefficient (Wildman–Crippen LogP) is 1.92. The van der Waals surface area contributed by atoms with Crippen LogP contribution in [0.2, 0.25) is 0 Å². The van der Waals surface area contributed by atoms with Crippen LogP contribution in [0, 0.1) is 19.8 Å². The Morgan fingerprint density at radius 1 is 1.26 bits per heavy atom. The number of amides is 1. The fraction of sp³-hybridized carbons (Fsp3) is 0.632. The second-order valence-corrected chi connectivity index (χ2v) is 7.74. The van der Waals surface area contributed by atoms with Crippen molar-refractivity contribution < 1.29 is 14.7 Å². The third-order valence-corrected chi connectivity index (χ3v) is 6.24. The van der Waals surface area contributed by atoms with Crippen LogP contribution >= 0.6 is 0 Å². The van der Waals surface area contributed by atoms with Gasteiger partial charge in [0, 0.05) is 23.9 Å². The van der Waals surface area contributed by atoms with E-state index in [4.69, 9.17) is 0 Å². The maximum Gasteiger partial charge on any atom is 0.326 e. The van der Waals surface area contributed by atoms with E-state index < -0.39 is 12.0 Å². The summed E-state index contributed by atoms with van der Waals surface area (Å²) in [5.41, 5.74) is 2.75. The number of hydrogen-bond donors (Lipinski definition) is 1. The van der Waals surface area contributed by atoms with E-state index in [9.17, 15) is 14.7 Å². The van der Waals surface area contributed by atoms with E-state index in [1.165, 1.54) is 6.33 Å². The van der Waals surface area contributed by atoms with Crippen molar-refractivity contribution in [3.63, 3.8) is 0 Å². The lowest BCUT2D eigenvalue weighted by Crippen LogP contribution is -2.46. The summed E-state index contributed by atoms with van der Waals surface area (Å²) in [6, 6.07) is -0.589. The quantitative estimate of drug-likeness (QED) is 0.881. The molecule has 2 aromatic heterocycles. The van der Waals surface area contributed by atoms with Gasteiger partial charge in [0.05, 0.1) is 0 Å². The van der Waals surface area contributed by atoms with E-state index in [2.05, 4.69) is 15.1 Å². The Bertz CT molecular complexity index is 893. The molecule has 144 valence electrons. The molecule has 8 nitrogen and oxygen atoms in total. The molecule has 1 N–H and O–H groups in total. The highest BCUT2D eigenvalue weighted by atomic mass is 16.4. The summed E-state index contributed by atoms with van der Waals surface area (Å²) in [7, 11) is 0. The lowest BCUT2D eigenvalue weighted by atomic mass is 9.84. The zero-order valence-corrected chi connectivity index (χ0v) is 15.8. The average Bonchev–Trinajstić information content (AvgIpc) is 3.25. The minimum atomic E-state index is -0.879. The first-order valence-corrected chi connectivity index (χ1v) is 9.67. The number of carboxylic acid groups (broad SMARTS) is 1. The molecule has 1 saturated heterocycles. The maximum atomic E-state index is 13.0. The highest BCUT2D eigenvalue weighted by molar-refractivity contribution is 5.85. The molecule has 0 spiro atoms. The SMILES string of the molecule is Cc1nc2ncnn2c(C)c1CCC(=O)N1[C@H](C(=O)O)C[C@@H]2CCCC[C@@H]21. The number of carbonyl (C=O) groups is 2. The van der Waals surface area contributed by atoms with Gasteiger partial charge in [-0.15, -0.1) is 0 Å². The summed E-state index contributed by atoms with van der Waals surface area (Å²) in [6.07, 6.45) is 7.04. The Labute approximate surface area is 157 Å². The number of carboxylic acids is 1. The summed E-state index contributed by atoms with van der Waals surface area (Å²) in [5, 5.41) is 13.8. The molecular formula is C19H25N5O3. The van der Waals surface area contributed by atoms with Crippen LogP contribution in [-0.4, -0.2) is 53.5 Å². The van der Waals surface area contributed by atoms with Crippen molar-refractivity contribution in [2.75, 3.05) is 0 Å². The summed E-state index contributed by atoms with van der Waals surface area (Å²) in [5.74, 6) is -0.0545. The van der Waals surface area contributed by atoms with E-state index in [0.717, 1.165) is 42.6 Å². The number of aliphatic carboxylic acids is 1. The summed E-state index contributed by atoms with van der Waals surface area (Å²) in [6.45, 7) is 3.86. The van der Waals surface area contributed by atoms with E-state index in [1.807, 2.05) is 13.8 Å². The van der Waals surface area contributed by atoms with Crippen LogP contribution in [0.15, 0.2) is 6.33 Å². The monoisotopic (exact) mass is 371 g/mol. The topological polar surface area (TPSA) is 101 Å². The zero-order chi connectivity index (χ0) is 19.1. The number of hydrogen-bond acceptors (Lipinski definition) is 5. The van der Waals surface area contributed by atoms with Gasteiger partial charge in [0.1, 0.15) is 12.4 Å². The van der Waals surface area contributed by atoms with Crippen molar-refractivity contribution in [1.29, 1.82) is 0 Å². The molecule has 3 atom stereocenters. The molecule has 1 amide bonds. The highest BCUT2D eigenvalue weighted by Crippen LogP contribution is 2.40. The molecule has 1 aliphatic carbocycles. The normalized spacial score (nSPS) is 25.0. The number of nitrogens with zero attached hydrogens (tertiary/aromatic N) is 5. The molecule has 0 bridgehead atoms. The van der Waals surface area contributed by atoms with Crippen molar-refractivity contribution in [1.82, 2.24) is 24.5 Å². The standard InChI is InChI=1S/C19H25N5O3/c1-11-14(12(2)24-19(22-11)20-10-21-24)7-8-17(25)23-15-6-4-3-5-13(15)9-16(23)18(26)27/h10,13,15-16H,3-9H2,1-2H3,(H,26,27)/t13-,15-,16-/m0/s1. The van der Waals surface area contributed by atoms with E-state index >= 15 is 0 Å². The van der Waals surface area contributed by atoms with Crippen molar-refractivity contribution in [2.45, 2.75) is 70.9 Å². The number of rotatable bonds is 4. The van der Waals surface area contributed by atoms with E-state index in [1.54, 1.807) is 9.42 Å². The molecule has 0 radical (unpaired) electrons. The lowest BCUT2D eigenvalue weighted by Gasteiger charge is -2.33. The molecule has 8 heteroatoms. The molecular weight excluding hydrogens is 346 g/mol. The van der Waals surface area contributed by atoms with E-state index in [-0.39, 0.29) is 18.4 Å². The van der Waals surface area contributed by atoms with Gasteiger partial charge in [-0.05, 0) is 51.0 Å². The van der Waals surface area contributed by atoms with Crippen LogP contribution in [0.5, 0.6) is 0 Å². The molecule has 2 aromatic rings. The first-order valence-electron chi connectivity index (χ1n) is 9.67. The van der Waals surface area contributed by atoms with Crippen LogP contribution in [0.25, 0.3) is 5.78 Å². The summed E-state index contributed by atoms with van der Waals surface area (Å²) < 4.78 is 1.68. The van der Waals surface area contributed by atoms with Gasteiger partial charge in [0.2, 0.25) is 5.91 Å². The van der Waals surface area contributed by atoms with Crippen LogP contribution in [0.1, 0.15) is 55.5 Å².